The zero-order chi connectivity index (χ0) is 14.8. The predicted octanol–water partition coefficient (Wildman–Crippen LogP) is 4.04. The molecule has 0 aromatic heterocycles. The molecule has 3 heteroatoms. The second-order valence-corrected chi connectivity index (χ2v) is 5.54. The van der Waals surface area contributed by atoms with E-state index in [1.807, 2.05) is 6.07 Å². The van der Waals surface area contributed by atoms with Crippen LogP contribution in [-0.4, -0.2) is 20.3 Å². The number of fused-ring (bicyclic) bond motifs is 1. The summed E-state index contributed by atoms with van der Waals surface area (Å²) in [5, 5.41) is 3.55. The van der Waals surface area contributed by atoms with E-state index in [9.17, 15) is 0 Å². The Morgan fingerprint density at radius 2 is 1.76 bits per heavy atom. The van der Waals surface area contributed by atoms with Crippen LogP contribution >= 0.6 is 0 Å². The Hall–Kier alpha value is -2.16. The molecule has 2 unspecified atom stereocenters. The maximum absolute atomic E-state index is 5.44. The van der Waals surface area contributed by atoms with E-state index in [2.05, 4.69) is 48.6 Å². The van der Waals surface area contributed by atoms with Crippen LogP contribution < -0.4 is 14.8 Å². The van der Waals surface area contributed by atoms with Crippen LogP contribution in [0.4, 0.5) is 5.69 Å². The minimum absolute atomic E-state index is 0.386. The molecule has 0 fully saturated rings. The van der Waals surface area contributed by atoms with E-state index < -0.39 is 0 Å². The second-order valence-electron chi connectivity index (χ2n) is 5.54. The fraction of sp³-hybridized carbons (Fsp3) is 0.333. The lowest BCUT2D eigenvalue weighted by atomic mass is 9.82. The van der Waals surface area contributed by atoms with Crippen LogP contribution in [-0.2, 0) is 0 Å². The average Bonchev–Trinajstić information content (AvgIpc) is 2.53. The van der Waals surface area contributed by atoms with Gasteiger partial charge in [-0.05, 0) is 42.7 Å². The second kappa shape index (κ2) is 5.68. The van der Waals surface area contributed by atoms with Gasteiger partial charge in [-0.25, -0.2) is 0 Å². The molecular weight excluding hydrogens is 262 g/mol. The van der Waals surface area contributed by atoms with Crippen molar-refractivity contribution in [1.29, 1.82) is 0 Å². The summed E-state index contributed by atoms with van der Waals surface area (Å²) in [4.78, 5) is 0. The minimum atomic E-state index is 0.386. The number of hydrogen-bond acceptors (Lipinski definition) is 3. The van der Waals surface area contributed by atoms with Crippen molar-refractivity contribution in [3.05, 3.63) is 53.6 Å². The first-order valence-electron chi connectivity index (χ1n) is 7.30. The van der Waals surface area contributed by atoms with E-state index in [0.29, 0.717) is 12.0 Å². The Morgan fingerprint density at radius 3 is 2.52 bits per heavy atom. The Labute approximate surface area is 125 Å². The van der Waals surface area contributed by atoms with Crippen LogP contribution in [0.2, 0.25) is 0 Å². The van der Waals surface area contributed by atoms with Crippen molar-refractivity contribution in [3.63, 3.8) is 0 Å². The number of nitrogens with one attached hydrogen (secondary N) is 1. The van der Waals surface area contributed by atoms with Crippen LogP contribution in [0.1, 0.15) is 30.4 Å². The molecule has 0 aliphatic carbocycles. The molecule has 0 spiro atoms. The Balaban J connectivity index is 2.04. The van der Waals surface area contributed by atoms with Gasteiger partial charge >= 0.3 is 0 Å². The van der Waals surface area contributed by atoms with Crippen molar-refractivity contribution in [2.45, 2.75) is 25.3 Å². The first-order chi connectivity index (χ1) is 10.2. The standard InChI is InChI=1S/C18H21NO2/c1-12-10-15(14-6-4-5-7-16(14)19-12)13-8-9-17(20-2)18(11-13)21-3/h4-9,11-12,15,19H,10H2,1-3H3. The highest BCUT2D eigenvalue weighted by atomic mass is 16.5. The first kappa shape index (κ1) is 13.8. The summed E-state index contributed by atoms with van der Waals surface area (Å²) in [6.07, 6.45) is 1.08. The van der Waals surface area contributed by atoms with Crippen LogP contribution in [0.15, 0.2) is 42.5 Å². The van der Waals surface area contributed by atoms with Gasteiger partial charge in [-0.2, -0.15) is 0 Å². The van der Waals surface area contributed by atoms with Gasteiger partial charge in [0.2, 0.25) is 0 Å². The SMILES string of the molecule is COc1ccc(C2CC(C)Nc3ccccc32)cc1OC. The Morgan fingerprint density at radius 1 is 1.00 bits per heavy atom. The van der Waals surface area contributed by atoms with E-state index >= 15 is 0 Å². The molecule has 0 bridgehead atoms. The lowest BCUT2D eigenvalue weighted by Gasteiger charge is -2.32. The smallest absolute Gasteiger partial charge is 0.161 e. The number of benzene rings is 2. The third-order valence-corrected chi connectivity index (χ3v) is 4.14. The van der Waals surface area contributed by atoms with Gasteiger partial charge < -0.3 is 14.8 Å². The highest BCUT2D eigenvalue weighted by Gasteiger charge is 2.25. The molecule has 2 aromatic carbocycles. The van der Waals surface area contributed by atoms with E-state index in [1.54, 1.807) is 14.2 Å². The fourth-order valence-corrected chi connectivity index (χ4v) is 3.12. The molecule has 1 N–H and O–H groups in total. The summed E-state index contributed by atoms with van der Waals surface area (Å²) in [6, 6.07) is 15.2. The molecule has 2 aromatic rings. The molecule has 0 radical (unpaired) electrons. The predicted molar refractivity (Wildman–Crippen MR) is 85.5 cm³/mol. The van der Waals surface area contributed by atoms with Crippen LogP contribution in [0, 0.1) is 0 Å². The van der Waals surface area contributed by atoms with E-state index in [4.69, 9.17) is 9.47 Å². The molecule has 1 heterocycles. The van der Waals surface area contributed by atoms with Gasteiger partial charge in [0.1, 0.15) is 0 Å². The van der Waals surface area contributed by atoms with Gasteiger partial charge in [-0.1, -0.05) is 24.3 Å². The quantitative estimate of drug-likeness (QED) is 0.922. The number of anilines is 1. The van der Waals surface area contributed by atoms with Crippen molar-refractivity contribution in [3.8, 4) is 11.5 Å². The summed E-state index contributed by atoms with van der Waals surface area (Å²) in [5.41, 5.74) is 3.85. The molecule has 3 rings (SSSR count). The van der Waals surface area contributed by atoms with Crippen LogP contribution in [0.5, 0.6) is 11.5 Å². The topological polar surface area (TPSA) is 30.5 Å². The van der Waals surface area contributed by atoms with Crippen molar-refractivity contribution < 1.29 is 9.47 Å². The van der Waals surface area contributed by atoms with Gasteiger partial charge in [-0.3, -0.25) is 0 Å². The maximum atomic E-state index is 5.44. The molecule has 0 saturated heterocycles. The fourth-order valence-electron chi connectivity index (χ4n) is 3.12. The Kier molecular flexibility index (Phi) is 3.74. The number of ether oxygens (including phenoxy) is 2. The zero-order valence-corrected chi connectivity index (χ0v) is 12.7. The maximum Gasteiger partial charge on any atom is 0.161 e. The van der Waals surface area contributed by atoms with E-state index in [0.717, 1.165) is 17.9 Å². The normalized spacial score (nSPS) is 20.3. The largest absolute Gasteiger partial charge is 0.493 e. The van der Waals surface area contributed by atoms with Crippen LogP contribution in [0.3, 0.4) is 0 Å². The van der Waals surface area contributed by atoms with Gasteiger partial charge in [0.15, 0.2) is 11.5 Å². The van der Waals surface area contributed by atoms with Crippen molar-refractivity contribution in [1.82, 2.24) is 0 Å². The van der Waals surface area contributed by atoms with Gasteiger partial charge in [0, 0.05) is 17.6 Å². The summed E-state index contributed by atoms with van der Waals surface area (Å²) in [5.74, 6) is 1.95. The molecule has 110 valence electrons. The molecule has 1 aliphatic rings. The summed E-state index contributed by atoms with van der Waals surface area (Å²) in [6.45, 7) is 2.23. The van der Waals surface area contributed by atoms with Crippen molar-refractivity contribution >= 4 is 5.69 Å². The van der Waals surface area contributed by atoms with Crippen molar-refractivity contribution in [2.24, 2.45) is 0 Å². The lowest BCUT2D eigenvalue weighted by molar-refractivity contribution is 0.354. The van der Waals surface area contributed by atoms with Gasteiger partial charge in [0.05, 0.1) is 14.2 Å². The molecule has 1 aliphatic heterocycles. The first-order valence-corrected chi connectivity index (χ1v) is 7.30. The number of rotatable bonds is 3. The zero-order valence-electron chi connectivity index (χ0n) is 12.7. The highest BCUT2D eigenvalue weighted by molar-refractivity contribution is 5.59. The van der Waals surface area contributed by atoms with E-state index in [1.165, 1.54) is 16.8 Å². The lowest BCUT2D eigenvalue weighted by Crippen LogP contribution is -2.25. The monoisotopic (exact) mass is 283 g/mol. The van der Waals surface area contributed by atoms with Crippen molar-refractivity contribution in [2.75, 3.05) is 19.5 Å². The molecule has 21 heavy (non-hydrogen) atoms. The van der Waals surface area contributed by atoms with Gasteiger partial charge in [-0.15, -0.1) is 0 Å². The highest BCUT2D eigenvalue weighted by Crippen LogP contribution is 2.41. The number of methoxy groups -OCH3 is 2. The summed E-state index contributed by atoms with van der Waals surface area (Å²) >= 11 is 0. The minimum Gasteiger partial charge on any atom is -0.493 e. The van der Waals surface area contributed by atoms with E-state index in [-0.39, 0.29) is 0 Å². The molecule has 0 amide bonds. The molecular formula is C18H21NO2. The molecule has 2 atom stereocenters. The summed E-state index contributed by atoms with van der Waals surface area (Å²) in [7, 11) is 3.35. The number of hydrogen-bond donors (Lipinski definition) is 1. The van der Waals surface area contributed by atoms with Crippen LogP contribution in [0.25, 0.3) is 0 Å². The third-order valence-electron chi connectivity index (χ3n) is 4.14. The summed E-state index contributed by atoms with van der Waals surface area (Å²) < 4.78 is 10.8. The van der Waals surface area contributed by atoms with Gasteiger partial charge in [0.25, 0.3) is 0 Å². The average molecular weight is 283 g/mol. The third kappa shape index (κ3) is 2.56. The molecule has 3 nitrogen and oxygen atoms in total. The Bertz CT molecular complexity index is 639. The number of para-hydroxylation sites is 1. The molecule has 0 saturated carbocycles.